The van der Waals surface area contributed by atoms with Gasteiger partial charge < -0.3 is 14.8 Å². The predicted octanol–water partition coefficient (Wildman–Crippen LogP) is 2.43. The van der Waals surface area contributed by atoms with Crippen LogP contribution in [0.2, 0.25) is 0 Å². The number of nitrogens with one attached hydrogen (secondary N) is 1. The first kappa shape index (κ1) is 16.2. The number of hydrogen-bond donors (Lipinski definition) is 1. The zero-order chi connectivity index (χ0) is 16.3. The Kier molecular flexibility index (Phi) is 4.65. The Labute approximate surface area is 128 Å². The molecule has 1 aliphatic heterocycles. The van der Waals surface area contributed by atoms with Crippen LogP contribution >= 0.6 is 0 Å². The van der Waals surface area contributed by atoms with Crippen molar-refractivity contribution in [3.05, 3.63) is 39.9 Å². The summed E-state index contributed by atoms with van der Waals surface area (Å²) in [5, 5.41) is 13.4. The molecule has 22 heavy (non-hydrogen) atoms. The first-order chi connectivity index (χ1) is 10.2. The molecule has 0 radical (unpaired) electrons. The lowest BCUT2D eigenvalue weighted by molar-refractivity contribution is -0.384. The average molecular weight is 308 g/mol. The summed E-state index contributed by atoms with van der Waals surface area (Å²) >= 11 is 0. The van der Waals surface area contributed by atoms with Crippen LogP contribution in [-0.4, -0.2) is 35.4 Å². The van der Waals surface area contributed by atoms with Crippen molar-refractivity contribution in [2.24, 2.45) is 0 Å². The summed E-state index contributed by atoms with van der Waals surface area (Å²) in [4.78, 5) is 22.1. The summed E-state index contributed by atoms with van der Waals surface area (Å²) in [5.74, 6) is 0. The van der Waals surface area contributed by atoms with Crippen molar-refractivity contribution >= 4 is 11.8 Å². The summed E-state index contributed by atoms with van der Waals surface area (Å²) in [7, 11) is 0. The Hall–Kier alpha value is -2.15. The van der Waals surface area contributed by atoms with Crippen molar-refractivity contribution in [2.45, 2.75) is 44.9 Å². The largest absolute Gasteiger partial charge is 0.444 e. The third kappa shape index (κ3) is 5.00. The zero-order valence-electron chi connectivity index (χ0n) is 12.9. The quantitative estimate of drug-likeness (QED) is 0.512. The van der Waals surface area contributed by atoms with E-state index in [-0.39, 0.29) is 17.8 Å². The number of ether oxygens (including phenoxy) is 2. The molecule has 7 heteroatoms. The summed E-state index contributed by atoms with van der Waals surface area (Å²) in [5.41, 5.74) is 0.372. The van der Waals surface area contributed by atoms with Gasteiger partial charge >= 0.3 is 6.09 Å². The van der Waals surface area contributed by atoms with E-state index in [1.165, 1.54) is 12.1 Å². The molecule has 1 unspecified atom stereocenters. The number of carbonyl (C=O) groups is 1. The van der Waals surface area contributed by atoms with Gasteiger partial charge in [0.15, 0.2) is 0 Å². The molecule has 1 fully saturated rings. The second-order valence-electron chi connectivity index (χ2n) is 6.25. The Bertz CT molecular complexity index is 546. The van der Waals surface area contributed by atoms with Gasteiger partial charge in [-0.05, 0) is 32.8 Å². The summed E-state index contributed by atoms with van der Waals surface area (Å²) < 4.78 is 10.5. The molecule has 1 amide bonds. The second kappa shape index (κ2) is 6.31. The van der Waals surface area contributed by atoms with Crippen molar-refractivity contribution in [1.82, 2.24) is 5.32 Å². The molecule has 120 valence electrons. The number of nitro benzene ring substituents is 1. The Morgan fingerprint density at radius 2 is 2.05 bits per heavy atom. The van der Waals surface area contributed by atoms with E-state index in [0.29, 0.717) is 13.0 Å². The fraction of sp³-hybridized carbons (Fsp3) is 0.533. The minimum atomic E-state index is -0.563. The maximum absolute atomic E-state index is 11.9. The molecule has 2 rings (SSSR count). The van der Waals surface area contributed by atoms with Gasteiger partial charge in [-0.1, -0.05) is 12.1 Å². The standard InChI is InChI=1S/C15H20N2O5/c1-15(2,3)22-14(18)16-12(13-9-21-13)8-10-4-6-11(7-5-10)17(19)20/h4-7,12-13H,8-9H2,1-3H3,(H,16,18)/t12-,13?/m0/s1. The number of nitro groups is 1. The third-order valence-corrected chi connectivity index (χ3v) is 3.11. The van der Waals surface area contributed by atoms with Crippen LogP contribution < -0.4 is 5.32 Å². The molecular formula is C15H20N2O5. The van der Waals surface area contributed by atoms with Crippen molar-refractivity contribution < 1.29 is 19.2 Å². The highest BCUT2D eigenvalue weighted by molar-refractivity contribution is 5.68. The van der Waals surface area contributed by atoms with Gasteiger partial charge in [-0.15, -0.1) is 0 Å². The summed E-state index contributed by atoms with van der Waals surface area (Å²) in [6.45, 7) is 5.98. The lowest BCUT2D eigenvalue weighted by Gasteiger charge is -2.23. The Morgan fingerprint density at radius 3 is 2.50 bits per heavy atom. The van der Waals surface area contributed by atoms with Crippen LogP contribution in [0.15, 0.2) is 24.3 Å². The normalized spacial score (nSPS) is 18.4. The van der Waals surface area contributed by atoms with Gasteiger partial charge in [0, 0.05) is 12.1 Å². The van der Waals surface area contributed by atoms with E-state index >= 15 is 0 Å². The number of hydrogen-bond acceptors (Lipinski definition) is 5. The maximum Gasteiger partial charge on any atom is 0.407 e. The number of rotatable bonds is 5. The Morgan fingerprint density at radius 1 is 1.45 bits per heavy atom. The fourth-order valence-electron chi connectivity index (χ4n) is 2.03. The monoisotopic (exact) mass is 308 g/mol. The molecule has 0 spiro atoms. The van der Waals surface area contributed by atoms with Gasteiger partial charge in [0.25, 0.3) is 5.69 Å². The van der Waals surface area contributed by atoms with E-state index in [4.69, 9.17) is 9.47 Å². The van der Waals surface area contributed by atoms with Gasteiger partial charge in [0.2, 0.25) is 0 Å². The zero-order valence-corrected chi connectivity index (χ0v) is 12.9. The van der Waals surface area contributed by atoms with E-state index in [0.717, 1.165) is 5.56 Å². The van der Waals surface area contributed by atoms with Gasteiger partial charge in [0.1, 0.15) is 11.7 Å². The number of nitrogens with zero attached hydrogens (tertiary/aromatic N) is 1. The van der Waals surface area contributed by atoms with Gasteiger partial charge in [0.05, 0.1) is 17.6 Å². The SMILES string of the molecule is CC(C)(C)OC(=O)N[C@@H](Cc1ccc([N+](=O)[O-])cc1)C1CO1. The molecule has 1 heterocycles. The van der Waals surface area contributed by atoms with Crippen LogP contribution in [0.4, 0.5) is 10.5 Å². The van der Waals surface area contributed by atoms with Crippen molar-refractivity contribution in [3.8, 4) is 0 Å². The minimum absolute atomic E-state index is 0.0392. The predicted molar refractivity (Wildman–Crippen MR) is 79.7 cm³/mol. The number of carbonyl (C=O) groups excluding carboxylic acids is 1. The molecule has 2 atom stereocenters. The molecular weight excluding hydrogens is 288 g/mol. The number of non-ortho nitro benzene ring substituents is 1. The van der Waals surface area contributed by atoms with E-state index in [1.54, 1.807) is 32.9 Å². The fourth-order valence-corrected chi connectivity index (χ4v) is 2.03. The van der Waals surface area contributed by atoms with Crippen molar-refractivity contribution in [2.75, 3.05) is 6.61 Å². The summed E-state index contributed by atoms with van der Waals surface area (Å²) in [6.07, 6.45) is -0.000313. The van der Waals surface area contributed by atoms with E-state index in [9.17, 15) is 14.9 Å². The average Bonchev–Trinajstić information content (AvgIpc) is 3.20. The highest BCUT2D eigenvalue weighted by atomic mass is 16.6. The van der Waals surface area contributed by atoms with E-state index < -0.39 is 16.6 Å². The first-order valence-corrected chi connectivity index (χ1v) is 7.09. The topological polar surface area (TPSA) is 94.0 Å². The molecule has 0 aromatic heterocycles. The molecule has 0 aliphatic carbocycles. The van der Waals surface area contributed by atoms with E-state index in [1.807, 2.05) is 0 Å². The van der Waals surface area contributed by atoms with Crippen LogP contribution in [0, 0.1) is 10.1 Å². The molecule has 1 aromatic rings. The highest BCUT2D eigenvalue weighted by Gasteiger charge is 2.35. The van der Waals surface area contributed by atoms with Gasteiger partial charge in [-0.2, -0.15) is 0 Å². The number of benzene rings is 1. The second-order valence-corrected chi connectivity index (χ2v) is 6.25. The molecule has 0 saturated carbocycles. The molecule has 1 aromatic carbocycles. The molecule has 1 saturated heterocycles. The van der Waals surface area contributed by atoms with Gasteiger partial charge in [-0.25, -0.2) is 4.79 Å². The Balaban J connectivity index is 1.97. The molecule has 1 N–H and O–H groups in total. The summed E-state index contributed by atoms with van der Waals surface area (Å²) in [6, 6.07) is 6.06. The lowest BCUT2D eigenvalue weighted by atomic mass is 10.0. The third-order valence-electron chi connectivity index (χ3n) is 3.11. The first-order valence-electron chi connectivity index (χ1n) is 7.09. The molecule has 0 bridgehead atoms. The highest BCUT2D eigenvalue weighted by Crippen LogP contribution is 2.20. The van der Waals surface area contributed by atoms with Crippen LogP contribution in [0.1, 0.15) is 26.3 Å². The van der Waals surface area contributed by atoms with Crippen LogP contribution in [0.5, 0.6) is 0 Å². The maximum atomic E-state index is 11.9. The molecule has 7 nitrogen and oxygen atoms in total. The number of epoxide rings is 1. The van der Waals surface area contributed by atoms with Crippen molar-refractivity contribution in [3.63, 3.8) is 0 Å². The molecule has 1 aliphatic rings. The minimum Gasteiger partial charge on any atom is -0.444 e. The number of amides is 1. The van der Waals surface area contributed by atoms with Crippen LogP contribution in [-0.2, 0) is 15.9 Å². The number of alkyl carbamates (subject to hydrolysis) is 1. The smallest absolute Gasteiger partial charge is 0.407 e. The van der Waals surface area contributed by atoms with E-state index in [2.05, 4.69) is 5.32 Å². The van der Waals surface area contributed by atoms with Gasteiger partial charge in [-0.3, -0.25) is 10.1 Å². The lowest BCUT2D eigenvalue weighted by Crippen LogP contribution is -2.43. The van der Waals surface area contributed by atoms with Crippen LogP contribution in [0.3, 0.4) is 0 Å². The van der Waals surface area contributed by atoms with Crippen molar-refractivity contribution in [1.29, 1.82) is 0 Å². The van der Waals surface area contributed by atoms with Crippen LogP contribution in [0.25, 0.3) is 0 Å².